The van der Waals surface area contributed by atoms with Crippen molar-refractivity contribution < 1.29 is 14.1 Å². The van der Waals surface area contributed by atoms with Crippen molar-refractivity contribution in [3.05, 3.63) is 70.9 Å². The number of carbonyl (C=O) groups excluding carboxylic acids is 2. The number of aryl methyl sites for hydroxylation is 2. The molecule has 2 N–H and O–H groups in total. The van der Waals surface area contributed by atoms with E-state index in [1.165, 1.54) is 19.3 Å². The van der Waals surface area contributed by atoms with Crippen molar-refractivity contribution in [3.63, 3.8) is 0 Å². The Balaban J connectivity index is 1.23. The average Bonchev–Trinajstić information content (AvgIpc) is 3.48. The number of amides is 2. The van der Waals surface area contributed by atoms with Crippen molar-refractivity contribution in [2.75, 3.05) is 0 Å². The Kier molecular flexibility index (Phi) is 7.49. The SMILES string of the molecule is Cc1cnn(CCC(=O)NCc2cccc(C(NC(=O)c3cc(C4CC4)on3)C3CCCCC3)c2)c1. The molecule has 0 bridgehead atoms. The first-order chi connectivity index (χ1) is 17.5. The summed E-state index contributed by atoms with van der Waals surface area (Å²) in [4.78, 5) is 25.5. The van der Waals surface area contributed by atoms with Gasteiger partial charge in [-0.2, -0.15) is 5.10 Å². The standard InChI is InChI=1S/C28H35N5O3/c1-19-16-30-33(18-19)13-12-26(34)29-17-20-6-5-9-23(14-20)27(22-7-3-2-4-8-22)31-28(35)24-15-25(36-32-24)21-10-11-21/h5-6,9,14-16,18,21-22,27H,2-4,7-8,10-13,17H2,1H3,(H,29,34)(H,31,35). The number of aromatic nitrogens is 3. The van der Waals surface area contributed by atoms with Crippen LogP contribution in [-0.2, 0) is 17.9 Å². The van der Waals surface area contributed by atoms with Gasteiger partial charge in [-0.1, -0.05) is 48.7 Å². The summed E-state index contributed by atoms with van der Waals surface area (Å²) >= 11 is 0. The van der Waals surface area contributed by atoms with Gasteiger partial charge in [-0.15, -0.1) is 0 Å². The highest BCUT2D eigenvalue weighted by molar-refractivity contribution is 5.92. The summed E-state index contributed by atoms with van der Waals surface area (Å²) in [6.45, 7) is 2.99. The summed E-state index contributed by atoms with van der Waals surface area (Å²) in [5, 5.41) is 14.6. The minimum Gasteiger partial charge on any atom is -0.360 e. The van der Waals surface area contributed by atoms with Gasteiger partial charge in [0.15, 0.2) is 5.69 Å². The highest BCUT2D eigenvalue weighted by Crippen LogP contribution is 2.40. The lowest BCUT2D eigenvalue weighted by atomic mass is 9.80. The largest absolute Gasteiger partial charge is 0.360 e. The van der Waals surface area contributed by atoms with Gasteiger partial charge in [0.25, 0.3) is 5.91 Å². The maximum atomic E-state index is 13.1. The van der Waals surface area contributed by atoms with Crippen LogP contribution in [0.15, 0.2) is 47.2 Å². The number of rotatable bonds is 10. The van der Waals surface area contributed by atoms with Gasteiger partial charge < -0.3 is 15.2 Å². The number of nitrogens with one attached hydrogen (secondary N) is 2. The molecule has 2 aromatic heterocycles. The summed E-state index contributed by atoms with van der Waals surface area (Å²) < 4.78 is 7.20. The van der Waals surface area contributed by atoms with E-state index in [0.29, 0.717) is 37.0 Å². The highest BCUT2D eigenvalue weighted by Gasteiger charge is 2.31. The summed E-state index contributed by atoms with van der Waals surface area (Å²) in [5.41, 5.74) is 3.52. The van der Waals surface area contributed by atoms with Crippen LogP contribution in [-0.4, -0.2) is 26.8 Å². The molecule has 0 radical (unpaired) electrons. The first-order valence-corrected chi connectivity index (χ1v) is 13.2. The minimum absolute atomic E-state index is 0.0109. The van der Waals surface area contributed by atoms with Gasteiger partial charge in [0.1, 0.15) is 5.76 Å². The van der Waals surface area contributed by atoms with E-state index < -0.39 is 0 Å². The van der Waals surface area contributed by atoms with Crippen LogP contribution in [0.4, 0.5) is 0 Å². The Morgan fingerprint density at radius 3 is 2.72 bits per heavy atom. The van der Waals surface area contributed by atoms with Gasteiger partial charge in [0, 0.05) is 37.7 Å². The lowest BCUT2D eigenvalue weighted by Crippen LogP contribution is -2.34. The normalized spacial score (nSPS) is 17.0. The minimum atomic E-state index is -0.186. The van der Waals surface area contributed by atoms with Gasteiger partial charge in [-0.3, -0.25) is 14.3 Å². The Morgan fingerprint density at radius 2 is 1.97 bits per heavy atom. The molecular formula is C28H35N5O3. The van der Waals surface area contributed by atoms with Crippen LogP contribution in [0.25, 0.3) is 0 Å². The van der Waals surface area contributed by atoms with E-state index in [2.05, 4.69) is 33.0 Å². The molecule has 0 saturated heterocycles. The lowest BCUT2D eigenvalue weighted by molar-refractivity contribution is -0.121. The van der Waals surface area contributed by atoms with Crippen molar-refractivity contribution >= 4 is 11.8 Å². The molecule has 1 aromatic carbocycles. The molecule has 2 heterocycles. The molecule has 3 aromatic rings. The Labute approximate surface area is 211 Å². The zero-order valence-electron chi connectivity index (χ0n) is 20.9. The fourth-order valence-corrected chi connectivity index (χ4v) is 5.10. The fourth-order valence-electron chi connectivity index (χ4n) is 5.10. The number of hydrogen-bond acceptors (Lipinski definition) is 5. The topological polar surface area (TPSA) is 102 Å². The van der Waals surface area contributed by atoms with Gasteiger partial charge in [0.2, 0.25) is 5.91 Å². The quantitative estimate of drug-likeness (QED) is 0.425. The predicted octanol–water partition coefficient (Wildman–Crippen LogP) is 4.81. The number of nitrogens with zero attached hydrogens (tertiary/aromatic N) is 3. The Bertz CT molecular complexity index is 1190. The van der Waals surface area contributed by atoms with Crippen molar-refractivity contribution in [2.24, 2.45) is 5.92 Å². The van der Waals surface area contributed by atoms with Gasteiger partial charge in [0.05, 0.1) is 12.2 Å². The van der Waals surface area contributed by atoms with Crippen molar-refractivity contribution in [2.45, 2.75) is 83.3 Å². The molecular weight excluding hydrogens is 454 g/mol. The maximum Gasteiger partial charge on any atom is 0.273 e. The molecule has 0 aliphatic heterocycles. The second-order valence-electron chi connectivity index (χ2n) is 10.3. The summed E-state index contributed by atoms with van der Waals surface area (Å²) in [5.74, 6) is 1.41. The van der Waals surface area contributed by atoms with Crippen LogP contribution >= 0.6 is 0 Å². The molecule has 36 heavy (non-hydrogen) atoms. The molecule has 5 rings (SSSR count). The molecule has 2 amide bonds. The number of hydrogen-bond donors (Lipinski definition) is 2. The van der Waals surface area contributed by atoms with E-state index >= 15 is 0 Å². The molecule has 2 aliphatic carbocycles. The molecule has 1 unspecified atom stereocenters. The summed E-state index contributed by atoms with van der Waals surface area (Å²) in [6, 6.07) is 9.89. The molecule has 2 saturated carbocycles. The van der Waals surface area contributed by atoms with Crippen LogP contribution in [0.3, 0.4) is 0 Å². The van der Waals surface area contributed by atoms with Crippen molar-refractivity contribution in [1.82, 2.24) is 25.6 Å². The molecule has 8 nitrogen and oxygen atoms in total. The van der Waals surface area contributed by atoms with Gasteiger partial charge in [-0.25, -0.2) is 0 Å². The van der Waals surface area contributed by atoms with E-state index in [-0.39, 0.29) is 17.9 Å². The zero-order chi connectivity index (χ0) is 24.9. The van der Waals surface area contributed by atoms with Crippen LogP contribution in [0.1, 0.15) is 96.3 Å². The summed E-state index contributed by atoms with van der Waals surface area (Å²) in [7, 11) is 0. The predicted molar refractivity (Wildman–Crippen MR) is 135 cm³/mol. The average molecular weight is 490 g/mol. The highest BCUT2D eigenvalue weighted by atomic mass is 16.5. The second-order valence-corrected chi connectivity index (χ2v) is 10.3. The third-order valence-electron chi connectivity index (χ3n) is 7.28. The maximum absolute atomic E-state index is 13.1. The first-order valence-electron chi connectivity index (χ1n) is 13.2. The third-order valence-corrected chi connectivity index (χ3v) is 7.28. The molecule has 0 spiro atoms. The van der Waals surface area contributed by atoms with Crippen LogP contribution in [0.5, 0.6) is 0 Å². The van der Waals surface area contributed by atoms with E-state index in [4.69, 9.17) is 4.52 Å². The molecule has 1 atom stereocenters. The van der Waals surface area contributed by atoms with Crippen molar-refractivity contribution in [1.29, 1.82) is 0 Å². The molecule has 8 heteroatoms. The zero-order valence-corrected chi connectivity index (χ0v) is 20.9. The van der Waals surface area contributed by atoms with Crippen LogP contribution in [0.2, 0.25) is 0 Å². The fraction of sp³-hybridized carbons (Fsp3) is 0.500. The monoisotopic (exact) mass is 489 g/mol. The van der Waals surface area contributed by atoms with Crippen molar-refractivity contribution in [3.8, 4) is 0 Å². The van der Waals surface area contributed by atoms with E-state index in [0.717, 1.165) is 48.1 Å². The second kappa shape index (κ2) is 11.1. The summed E-state index contributed by atoms with van der Waals surface area (Å²) in [6.07, 6.45) is 12.1. The van der Waals surface area contributed by atoms with Crippen LogP contribution in [0, 0.1) is 12.8 Å². The first kappa shape index (κ1) is 24.3. The van der Waals surface area contributed by atoms with Crippen LogP contribution < -0.4 is 10.6 Å². The Morgan fingerprint density at radius 1 is 1.14 bits per heavy atom. The van der Waals surface area contributed by atoms with Gasteiger partial charge in [-0.05, 0) is 55.2 Å². The number of carbonyl (C=O) groups is 2. The Hall–Kier alpha value is -3.42. The molecule has 2 aliphatic rings. The molecule has 2 fully saturated rings. The lowest BCUT2D eigenvalue weighted by Gasteiger charge is -2.31. The van der Waals surface area contributed by atoms with E-state index in [9.17, 15) is 9.59 Å². The third kappa shape index (κ3) is 6.22. The van der Waals surface area contributed by atoms with E-state index in [1.54, 1.807) is 16.9 Å². The van der Waals surface area contributed by atoms with Gasteiger partial charge >= 0.3 is 0 Å². The smallest absolute Gasteiger partial charge is 0.273 e. The molecule has 190 valence electrons. The number of benzene rings is 1. The van der Waals surface area contributed by atoms with E-state index in [1.807, 2.05) is 25.3 Å².